The minimum atomic E-state index is -3.50. The predicted octanol–water partition coefficient (Wildman–Crippen LogP) is 2.69. The van der Waals surface area contributed by atoms with E-state index >= 15 is 0 Å². The van der Waals surface area contributed by atoms with E-state index in [1.165, 1.54) is 4.31 Å². The van der Waals surface area contributed by atoms with Gasteiger partial charge in [-0.2, -0.15) is 9.40 Å². The number of piperazine rings is 1. The van der Waals surface area contributed by atoms with Crippen molar-refractivity contribution in [2.24, 2.45) is 5.92 Å². The van der Waals surface area contributed by atoms with Crippen LogP contribution in [0, 0.1) is 5.92 Å². The number of hydrogen-bond donors (Lipinski definition) is 1. The van der Waals surface area contributed by atoms with Crippen molar-refractivity contribution in [1.29, 1.82) is 0 Å². The van der Waals surface area contributed by atoms with Crippen LogP contribution < -0.4 is 5.32 Å². The molecule has 0 aliphatic carbocycles. The highest BCUT2D eigenvalue weighted by atomic mass is 32.2. The van der Waals surface area contributed by atoms with Crippen LogP contribution in [0.2, 0.25) is 0 Å². The summed E-state index contributed by atoms with van der Waals surface area (Å²) in [6, 6.07) is 20.5. The van der Waals surface area contributed by atoms with Crippen LogP contribution in [0.25, 0.3) is 5.69 Å². The Hall–Kier alpha value is -3.01. The van der Waals surface area contributed by atoms with Crippen molar-refractivity contribution in [2.75, 3.05) is 32.7 Å². The number of nitrogens with zero attached hydrogens (tertiary/aromatic N) is 4. The fourth-order valence-corrected chi connectivity index (χ4v) is 5.68. The number of sulfonamides is 1. The van der Waals surface area contributed by atoms with Gasteiger partial charge in [-0.15, -0.1) is 0 Å². The van der Waals surface area contributed by atoms with Gasteiger partial charge in [0.05, 0.1) is 29.4 Å². The van der Waals surface area contributed by atoms with E-state index in [2.05, 4.69) is 25.2 Å². The average molecular weight is 496 g/mol. The van der Waals surface area contributed by atoms with Crippen molar-refractivity contribution < 1.29 is 13.2 Å². The first-order valence-corrected chi connectivity index (χ1v) is 13.4. The number of aromatic nitrogens is 2. The number of carbonyl (C=O) groups is 1. The number of benzene rings is 2. The van der Waals surface area contributed by atoms with E-state index in [1.807, 2.05) is 39.9 Å². The van der Waals surface area contributed by atoms with Crippen LogP contribution in [0.5, 0.6) is 0 Å². The number of carbonyl (C=O) groups excluding carboxylic acids is 1. The molecule has 1 N–H and O–H groups in total. The fraction of sp³-hybridized carbons (Fsp3) is 0.385. The SMILES string of the molecule is CC(C)Cc1cc(CNC(=O)CN2CCN(S(=O)(=O)c3ccccc3)CC2)nn1-c1ccccc1. The van der Waals surface area contributed by atoms with Crippen LogP contribution in [0.15, 0.2) is 71.6 Å². The van der Waals surface area contributed by atoms with Gasteiger partial charge in [-0.1, -0.05) is 50.2 Å². The Balaban J connectivity index is 1.30. The molecule has 0 spiro atoms. The molecular formula is C26H33N5O3S. The van der Waals surface area contributed by atoms with Crippen LogP contribution in [-0.2, 0) is 27.8 Å². The number of hydrogen-bond acceptors (Lipinski definition) is 5. The zero-order valence-corrected chi connectivity index (χ0v) is 21.1. The van der Waals surface area contributed by atoms with Crippen LogP contribution in [0.3, 0.4) is 0 Å². The second kappa shape index (κ2) is 11.2. The van der Waals surface area contributed by atoms with Gasteiger partial charge in [0, 0.05) is 31.9 Å². The maximum atomic E-state index is 12.8. The lowest BCUT2D eigenvalue weighted by molar-refractivity contribution is -0.122. The first-order valence-electron chi connectivity index (χ1n) is 12.0. The summed E-state index contributed by atoms with van der Waals surface area (Å²) in [5, 5.41) is 7.70. The molecule has 1 saturated heterocycles. The number of para-hydroxylation sites is 1. The number of rotatable bonds is 9. The summed E-state index contributed by atoms with van der Waals surface area (Å²) >= 11 is 0. The Labute approximate surface area is 207 Å². The van der Waals surface area contributed by atoms with E-state index in [0.29, 0.717) is 43.5 Å². The molecule has 1 amide bonds. The Morgan fingerprint density at radius 2 is 1.60 bits per heavy atom. The lowest BCUT2D eigenvalue weighted by Gasteiger charge is -2.33. The van der Waals surface area contributed by atoms with Crippen molar-refractivity contribution in [2.45, 2.75) is 31.7 Å². The molecule has 1 aliphatic heterocycles. The quantitative estimate of drug-likeness (QED) is 0.493. The molecule has 0 bridgehead atoms. The highest BCUT2D eigenvalue weighted by Gasteiger charge is 2.28. The topological polar surface area (TPSA) is 87.5 Å². The monoisotopic (exact) mass is 495 g/mol. The molecule has 0 saturated carbocycles. The van der Waals surface area contributed by atoms with Crippen LogP contribution in [-0.4, -0.2) is 66.0 Å². The molecule has 1 fully saturated rings. The maximum absolute atomic E-state index is 12.8. The average Bonchev–Trinajstić information content (AvgIpc) is 3.26. The maximum Gasteiger partial charge on any atom is 0.243 e. The van der Waals surface area contributed by atoms with Gasteiger partial charge >= 0.3 is 0 Å². The number of amides is 1. The van der Waals surface area contributed by atoms with Gasteiger partial charge in [-0.3, -0.25) is 9.69 Å². The zero-order valence-electron chi connectivity index (χ0n) is 20.3. The van der Waals surface area contributed by atoms with Gasteiger partial charge in [0.2, 0.25) is 15.9 Å². The van der Waals surface area contributed by atoms with Crippen molar-refractivity contribution >= 4 is 15.9 Å². The van der Waals surface area contributed by atoms with Crippen molar-refractivity contribution in [1.82, 2.24) is 24.3 Å². The first kappa shape index (κ1) is 25.1. The lowest BCUT2D eigenvalue weighted by Crippen LogP contribution is -2.50. The molecule has 186 valence electrons. The molecule has 1 aliphatic rings. The Morgan fingerprint density at radius 1 is 0.971 bits per heavy atom. The standard InChI is InChI=1S/C26H33N5O3S/c1-21(2)17-24-18-22(28-31(24)23-9-5-3-6-10-23)19-27-26(32)20-29-13-15-30(16-14-29)35(33,34)25-11-7-4-8-12-25/h3-12,18,21H,13-17,19-20H2,1-2H3,(H,27,32). The summed E-state index contributed by atoms with van der Waals surface area (Å²) in [4.78, 5) is 14.9. The molecule has 0 unspecified atom stereocenters. The summed E-state index contributed by atoms with van der Waals surface area (Å²) < 4.78 is 29.0. The second-order valence-electron chi connectivity index (χ2n) is 9.24. The summed E-state index contributed by atoms with van der Waals surface area (Å²) in [6.07, 6.45) is 0.895. The highest BCUT2D eigenvalue weighted by Crippen LogP contribution is 2.18. The summed E-state index contributed by atoms with van der Waals surface area (Å²) in [6.45, 7) is 6.70. The molecule has 0 radical (unpaired) electrons. The molecule has 0 atom stereocenters. The Bertz CT molecular complexity index is 1220. The minimum absolute atomic E-state index is 0.0935. The molecule has 1 aromatic heterocycles. The van der Waals surface area contributed by atoms with Gasteiger partial charge in [0.25, 0.3) is 0 Å². The third-order valence-corrected chi connectivity index (χ3v) is 7.91. The lowest BCUT2D eigenvalue weighted by atomic mass is 10.1. The molecule has 8 nitrogen and oxygen atoms in total. The van der Waals surface area contributed by atoms with Gasteiger partial charge in [-0.25, -0.2) is 13.1 Å². The molecule has 35 heavy (non-hydrogen) atoms. The Kier molecular flexibility index (Phi) is 8.00. The fourth-order valence-electron chi connectivity index (χ4n) is 4.24. The molecule has 2 heterocycles. The summed E-state index contributed by atoms with van der Waals surface area (Å²) in [5.41, 5.74) is 2.94. The van der Waals surface area contributed by atoms with Gasteiger partial charge in [0.15, 0.2) is 0 Å². The third kappa shape index (κ3) is 6.36. The van der Waals surface area contributed by atoms with Crippen molar-refractivity contribution in [3.63, 3.8) is 0 Å². The Morgan fingerprint density at radius 3 is 2.23 bits per heavy atom. The second-order valence-corrected chi connectivity index (χ2v) is 11.2. The zero-order chi connectivity index (χ0) is 24.8. The van der Waals surface area contributed by atoms with Gasteiger partial charge in [-0.05, 0) is 42.7 Å². The predicted molar refractivity (Wildman–Crippen MR) is 136 cm³/mol. The van der Waals surface area contributed by atoms with E-state index in [0.717, 1.165) is 23.5 Å². The van der Waals surface area contributed by atoms with E-state index < -0.39 is 10.0 Å². The smallest absolute Gasteiger partial charge is 0.243 e. The molecule has 2 aromatic carbocycles. The molecular weight excluding hydrogens is 462 g/mol. The first-order chi connectivity index (χ1) is 16.8. The van der Waals surface area contributed by atoms with E-state index in [9.17, 15) is 13.2 Å². The van der Waals surface area contributed by atoms with E-state index in [4.69, 9.17) is 5.10 Å². The minimum Gasteiger partial charge on any atom is -0.349 e. The third-order valence-electron chi connectivity index (χ3n) is 6.00. The molecule has 4 rings (SSSR count). The largest absolute Gasteiger partial charge is 0.349 e. The normalized spacial score (nSPS) is 15.4. The van der Waals surface area contributed by atoms with Gasteiger partial charge in [0.1, 0.15) is 0 Å². The van der Waals surface area contributed by atoms with Crippen molar-refractivity contribution in [3.05, 3.63) is 78.1 Å². The van der Waals surface area contributed by atoms with E-state index in [-0.39, 0.29) is 12.5 Å². The van der Waals surface area contributed by atoms with Crippen molar-refractivity contribution in [3.8, 4) is 5.69 Å². The van der Waals surface area contributed by atoms with Gasteiger partial charge < -0.3 is 5.32 Å². The van der Waals surface area contributed by atoms with Crippen LogP contribution in [0.1, 0.15) is 25.2 Å². The van der Waals surface area contributed by atoms with Crippen LogP contribution >= 0.6 is 0 Å². The molecule has 9 heteroatoms. The summed E-state index contributed by atoms with van der Waals surface area (Å²) in [7, 11) is -3.50. The number of nitrogens with one attached hydrogen (secondary N) is 1. The van der Waals surface area contributed by atoms with E-state index in [1.54, 1.807) is 30.3 Å². The summed E-state index contributed by atoms with van der Waals surface area (Å²) in [5.74, 6) is 0.394. The molecule has 3 aromatic rings. The highest BCUT2D eigenvalue weighted by molar-refractivity contribution is 7.89. The van der Waals surface area contributed by atoms with Crippen LogP contribution in [0.4, 0.5) is 0 Å².